The number of anilines is 1. The molecule has 1 atom stereocenters. The van der Waals surface area contributed by atoms with Gasteiger partial charge in [-0.1, -0.05) is 66.7 Å². The average Bonchev–Trinajstić information content (AvgIpc) is 3.35. The van der Waals surface area contributed by atoms with Gasteiger partial charge in [0.15, 0.2) is 0 Å². The van der Waals surface area contributed by atoms with E-state index in [0.717, 1.165) is 18.7 Å². The number of nitrogens with zero attached hydrogens (tertiary/aromatic N) is 2. The lowest BCUT2D eigenvalue weighted by atomic mass is 10.0. The molecule has 1 aliphatic rings. The number of amides is 1. The Kier molecular flexibility index (Phi) is 7.23. The van der Waals surface area contributed by atoms with Gasteiger partial charge in [0, 0.05) is 26.3 Å². The van der Waals surface area contributed by atoms with E-state index in [-0.39, 0.29) is 11.9 Å². The molecule has 4 nitrogen and oxygen atoms in total. The first kappa shape index (κ1) is 22.1. The molecule has 3 aromatic carbocycles. The van der Waals surface area contributed by atoms with Gasteiger partial charge in [-0.05, 0) is 60.3 Å². The maximum Gasteiger partial charge on any atom is 0.224 e. The molecule has 1 fully saturated rings. The number of nitrogens with one attached hydrogen (secondary N) is 1. The van der Waals surface area contributed by atoms with Crippen LogP contribution < -0.4 is 10.2 Å². The smallest absolute Gasteiger partial charge is 0.224 e. The maximum absolute atomic E-state index is 12.7. The molecule has 3 aromatic rings. The Hall–Kier alpha value is -3.11. The molecule has 1 N–H and O–H groups in total. The SMILES string of the molecule is CN(C)c1ccc(C(CNC(=O)Cc2ccc(-c3ccccc3)cc2)N2CCCC2)cc1. The van der Waals surface area contributed by atoms with Crippen molar-refractivity contribution in [1.82, 2.24) is 10.2 Å². The van der Waals surface area contributed by atoms with E-state index in [1.54, 1.807) is 0 Å². The Bertz CT molecular complexity index is 991. The number of hydrogen-bond acceptors (Lipinski definition) is 3. The van der Waals surface area contributed by atoms with Crippen LogP contribution in [0.2, 0.25) is 0 Å². The number of hydrogen-bond donors (Lipinski definition) is 1. The van der Waals surface area contributed by atoms with Crippen LogP contribution in [0, 0.1) is 0 Å². The normalized spacial score (nSPS) is 14.8. The quantitative estimate of drug-likeness (QED) is 0.555. The van der Waals surface area contributed by atoms with E-state index < -0.39 is 0 Å². The van der Waals surface area contributed by atoms with Crippen LogP contribution in [0.4, 0.5) is 5.69 Å². The van der Waals surface area contributed by atoms with E-state index in [0.29, 0.717) is 13.0 Å². The number of carbonyl (C=O) groups is 1. The van der Waals surface area contributed by atoms with Crippen molar-refractivity contribution in [2.45, 2.75) is 25.3 Å². The molecule has 0 bridgehead atoms. The van der Waals surface area contributed by atoms with Gasteiger partial charge in [0.2, 0.25) is 5.91 Å². The molecule has 0 saturated carbocycles. The fourth-order valence-electron chi connectivity index (χ4n) is 4.41. The molecule has 0 radical (unpaired) electrons. The predicted molar refractivity (Wildman–Crippen MR) is 133 cm³/mol. The van der Waals surface area contributed by atoms with E-state index in [4.69, 9.17) is 0 Å². The Morgan fingerprint density at radius 2 is 1.50 bits per heavy atom. The van der Waals surface area contributed by atoms with Crippen molar-refractivity contribution in [3.05, 3.63) is 90.0 Å². The van der Waals surface area contributed by atoms with Crippen molar-refractivity contribution in [1.29, 1.82) is 0 Å². The van der Waals surface area contributed by atoms with Gasteiger partial charge in [-0.2, -0.15) is 0 Å². The molecular formula is C28H33N3O. The van der Waals surface area contributed by atoms with Gasteiger partial charge in [-0.25, -0.2) is 0 Å². The highest BCUT2D eigenvalue weighted by Crippen LogP contribution is 2.26. The highest BCUT2D eigenvalue weighted by atomic mass is 16.1. The van der Waals surface area contributed by atoms with E-state index in [9.17, 15) is 4.79 Å². The van der Waals surface area contributed by atoms with Crippen molar-refractivity contribution in [3.63, 3.8) is 0 Å². The van der Waals surface area contributed by atoms with E-state index >= 15 is 0 Å². The van der Waals surface area contributed by atoms with Gasteiger partial charge >= 0.3 is 0 Å². The zero-order valence-corrected chi connectivity index (χ0v) is 19.1. The summed E-state index contributed by atoms with van der Waals surface area (Å²) >= 11 is 0. The fraction of sp³-hybridized carbons (Fsp3) is 0.321. The van der Waals surface area contributed by atoms with Crippen LogP contribution in [-0.2, 0) is 11.2 Å². The van der Waals surface area contributed by atoms with Gasteiger partial charge in [0.05, 0.1) is 12.5 Å². The van der Waals surface area contributed by atoms with Crippen molar-refractivity contribution >= 4 is 11.6 Å². The Balaban J connectivity index is 1.37. The Labute approximate surface area is 191 Å². The molecule has 32 heavy (non-hydrogen) atoms. The molecular weight excluding hydrogens is 394 g/mol. The molecule has 1 aliphatic heterocycles. The maximum atomic E-state index is 12.7. The van der Waals surface area contributed by atoms with Crippen LogP contribution in [-0.4, -0.2) is 44.5 Å². The lowest BCUT2D eigenvalue weighted by Gasteiger charge is -2.28. The minimum absolute atomic E-state index is 0.0755. The largest absolute Gasteiger partial charge is 0.378 e. The zero-order chi connectivity index (χ0) is 22.3. The minimum atomic E-state index is 0.0755. The van der Waals surface area contributed by atoms with Crippen molar-refractivity contribution in [3.8, 4) is 11.1 Å². The Morgan fingerprint density at radius 3 is 2.12 bits per heavy atom. The van der Waals surface area contributed by atoms with Gasteiger partial charge in [0.25, 0.3) is 0 Å². The molecule has 1 unspecified atom stereocenters. The van der Waals surface area contributed by atoms with E-state index in [1.807, 2.05) is 18.2 Å². The van der Waals surface area contributed by atoms with E-state index in [1.165, 1.54) is 35.2 Å². The summed E-state index contributed by atoms with van der Waals surface area (Å²) in [7, 11) is 4.11. The standard InChI is InChI=1S/C28H33N3O/c1-30(2)26-16-14-25(15-17-26)27(31-18-6-7-19-31)21-29-28(32)20-22-10-12-24(13-11-22)23-8-4-3-5-9-23/h3-5,8-17,27H,6-7,18-21H2,1-2H3,(H,29,32). The molecule has 1 heterocycles. The van der Waals surface area contributed by atoms with Crippen LogP contribution in [0.3, 0.4) is 0 Å². The van der Waals surface area contributed by atoms with Crippen molar-refractivity contribution < 1.29 is 4.79 Å². The number of rotatable bonds is 8. The first-order valence-corrected chi connectivity index (χ1v) is 11.5. The van der Waals surface area contributed by atoms with Gasteiger partial charge in [-0.3, -0.25) is 9.69 Å². The third kappa shape index (κ3) is 5.57. The highest BCUT2D eigenvalue weighted by Gasteiger charge is 2.24. The summed E-state index contributed by atoms with van der Waals surface area (Å²) in [4.78, 5) is 17.3. The second kappa shape index (κ2) is 10.5. The third-order valence-corrected chi connectivity index (χ3v) is 6.29. The molecule has 0 spiro atoms. The summed E-state index contributed by atoms with van der Waals surface area (Å²) in [5.74, 6) is 0.0755. The van der Waals surface area contributed by atoms with Gasteiger partial charge in [0.1, 0.15) is 0 Å². The molecule has 1 amide bonds. The monoisotopic (exact) mass is 427 g/mol. The van der Waals surface area contributed by atoms with Crippen molar-refractivity contribution in [2.24, 2.45) is 0 Å². The van der Waals surface area contributed by atoms with Crippen LogP contribution in [0.15, 0.2) is 78.9 Å². The molecule has 166 valence electrons. The first-order valence-electron chi connectivity index (χ1n) is 11.5. The van der Waals surface area contributed by atoms with Crippen molar-refractivity contribution in [2.75, 3.05) is 38.6 Å². The third-order valence-electron chi connectivity index (χ3n) is 6.29. The summed E-state index contributed by atoms with van der Waals surface area (Å²) in [5, 5.41) is 3.20. The first-order chi connectivity index (χ1) is 15.6. The molecule has 1 saturated heterocycles. The van der Waals surface area contributed by atoms with Crippen LogP contribution in [0.5, 0.6) is 0 Å². The minimum Gasteiger partial charge on any atom is -0.378 e. The van der Waals surface area contributed by atoms with Gasteiger partial charge < -0.3 is 10.2 Å². The molecule has 0 aromatic heterocycles. The topological polar surface area (TPSA) is 35.6 Å². The summed E-state index contributed by atoms with van der Waals surface area (Å²) in [6.45, 7) is 2.83. The van der Waals surface area contributed by atoms with Crippen LogP contribution >= 0.6 is 0 Å². The number of benzene rings is 3. The fourth-order valence-corrected chi connectivity index (χ4v) is 4.41. The summed E-state index contributed by atoms with van der Waals surface area (Å²) in [6.07, 6.45) is 2.86. The van der Waals surface area contributed by atoms with Crippen LogP contribution in [0.25, 0.3) is 11.1 Å². The summed E-state index contributed by atoms with van der Waals surface area (Å²) in [6, 6.07) is 27.6. The lowest BCUT2D eigenvalue weighted by Crippen LogP contribution is -2.37. The molecule has 0 aliphatic carbocycles. The lowest BCUT2D eigenvalue weighted by molar-refractivity contribution is -0.120. The summed E-state index contributed by atoms with van der Waals surface area (Å²) < 4.78 is 0. The summed E-state index contributed by atoms with van der Waals surface area (Å²) in [5.41, 5.74) is 5.86. The number of likely N-dealkylation sites (tertiary alicyclic amines) is 1. The van der Waals surface area contributed by atoms with E-state index in [2.05, 4.69) is 89.9 Å². The van der Waals surface area contributed by atoms with Gasteiger partial charge in [-0.15, -0.1) is 0 Å². The second-order valence-electron chi connectivity index (χ2n) is 8.79. The zero-order valence-electron chi connectivity index (χ0n) is 19.1. The number of carbonyl (C=O) groups excluding carboxylic acids is 1. The molecule has 4 rings (SSSR count). The Morgan fingerprint density at radius 1 is 0.875 bits per heavy atom. The predicted octanol–water partition coefficient (Wildman–Crippen LogP) is 4.92. The second-order valence-corrected chi connectivity index (χ2v) is 8.79. The van der Waals surface area contributed by atoms with Crippen LogP contribution in [0.1, 0.15) is 30.0 Å². The highest BCUT2D eigenvalue weighted by molar-refractivity contribution is 5.79. The average molecular weight is 428 g/mol. The molecule has 4 heteroatoms.